The second-order valence-electron chi connectivity index (χ2n) is 5.67. The van der Waals surface area contributed by atoms with E-state index >= 15 is 0 Å². The molecule has 3 rings (SSSR count). The molecule has 1 aromatic carbocycles. The predicted octanol–water partition coefficient (Wildman–Crippen LogP) is 3.84. The molecule has 3 N–H and O–H groups in total. The summed E-state index contributed by atoms with van der Waals surface area (Å²) in [5, 5.41) is 12.0. The highest BCUT2D eigenvalue weighted by Crippen LogP contribution is 2.36. The van der Waals surface area contributed by atoms with Gasteiger partial charge in [0.05, 0.1) is 22.1 Å². The van der Waals surface area contributed by atoms with Gasteiger partial charge < -0.3 is 15.4 Å². The number of nitrogen functional groups attached to an aromatic ring is 1. The van der Waals surface area contributed by atoms with Crippen molar-refractivity contribution in [3.8, 4) is 17.7 Å². The number of para-hydroxylation sites is 1. The van der Waals surface area contributed by atoms with Crippen molar-refractivity contribution in [1.82, 2.24) is 9.55 Å². The molecule has 0 atom stereocenters. The zero-order chi connectivity index (χ0) is 16.4. The van der Waals surface area contributed by atoms with Gasteiger partial charge in [0.2, 0.25) is 5.88 Å². The Hall–Kier alpha value is -2.67. The molecule has 0 saturated carbocycles. The number of aromatic hydroxyl groups is 1. The first kappa shape index (κ1) is 15.2. The second-order valence-corrected chi connectivity index (χ2v) is 5.67. The van der Waals surface area contributed by atoms with Crippen LogP contribution in [0.2, 0.25) is 0 Å². The number of hydrogen-bond donors (Lipinski definition) is 2. The maximum Gasteiger partial charge on any atom is 0.202 e. The lowest BCUT2D eigenvalue weighted by atomic mass is 10.0. The summed E-state index contributed by atoms with van der Waals surface area (Å²) < 4.78 is 1.81. The second kappa shape index (κ2) is 6.21. The van der Waals surface area contributed by atoms with E-state index in [-0.39, 0.29) is 5.88 Å². The van der Waals surface area contributed by atoms with E-state index in [9.17, 15) is 5.11 Å². The normalized spacial score (nSPS) is 10.9. The molecule has 0 bridgehead atoms. The Morgan fingerprint density at radius 3 is 2.91 bits per heavy atom. The van der Waals surface area contributed by atoms with Crippen LogP contribution >= 0.6 is 0 Å². The fraction of sp³-hybridized carbons (Fsp3) is 0.316. The minimum absolute atomic E-state index is 0.205. The summed E-state index contributed by atoms with van der Waals surface area (Å²) in [5.41, 5.74) is 9.74. The van der Waals surface area contributed by atoms with Crippen molar-refractivity contribution in [2.45, 2.75) is 39.7 Å². The van der Waals surface area contributed by atoms with Crippen molar-refractivity contribution < 1.29 is 5.11 Å². The lowest BCUT2D eigenvalue weighted by molar-refractivity contribution is 0.421. The van der Waals surface area contributed by atoms with Crippen LogP contribution in [0.4, 0.5) is 5.69 Å². The highest BCUT2D eigenvalue weighted by molar-refractivity contribution is 6.09. The molecule has 4 nitrogen and oxygen atoms in total. The molecule has 0 saturated heterocycles. The monoisotopic (exact) mass is 307 g/mol. The Morgan fingerprint density at radius 2 is 2.17 bits per heavy atom. The molecular weight excluding hydrogens is 286 g/mol. The Morgan fingerprint density at radius 1 is 1.35 bits per heavy atom. The van der Waals surface area contributed by atoms with E-state index in [1.165, 1.54) is 0 Å². The van der Waals surface area contributed by atoms with Crippen molar-refractivity contribution in [2.24, 2.45) is 0 Å². The van der Waals surface area contributed by atoms with Gasteiger partial charge in [-0.25, -0.2) is 4.98 Å². The van der Waals surface area contributed by atoms with Crippen LogP contribution in [-0.2, 0) is 13.0 Å². The summed E-state index contributed by atoms with van der Waals surface area (Å²) in [6, 6.07) is 6.02. The topological polar surface area (TPSA) is 64.1 Å². The van der Waals surface area contributed by atoms with Gasteiger partial charge in [-0.1, -0.05) is 25.1 Å². The van der Waals surface area contributed by atoms with Gasteiger partial charge >= 0.3 is 0 Å². The maximum atomic E-state index is 10.4. The smallest absolute Gasteiger partial charge is 0.202 e. The van der Waals surface area contributed by atoms with Crippen molar-refractivity contribution in [3.05, 3.63) is 30.0 Å². The lowest BCUT2D eigenvalue weighted by Gasteiger charge is -2.08. The lowest BCUT2D eigenvalue weighted by Crippen LogP contribution is -1.95. The molecule has 118 valence electrons. The van der Waals surface area contributed by atoms with Crippen LogP contribution < -0.4 is 5.73 Å². The van der Waals surface area contributed by atoms with E-state index in [1.807, 2.05) is 29.8 Å². The molecule has 0 aliphatic heterocycles. The van der Waals surface area contributed by atoms with E-state index in [0.717, 1.165) is 47.8 Å². The molecule has 4 heteroatoms. The number of aromatic nitrogens is 2. The van der Waals surface area contributed by atoms with Crippen LogP contribution in [0.1, 0.15) is 32.3 Å². The first-order chi connectivity index (χ1) is 11.2. The van der Waals surface area contributed by atoms with Crippen LogP contribution in [0.5, 0.6) is 5.88 Å². The molecule has 0 aliphatic rings. The van der Waals surface area contributed by atoms with Crippen molar-refractivity contribution in [1.29, 1.82) is 0 Å². The molecule has 0 radical (unpaired) electrons. The molecule has 0 spiro atoms. The summed E-state index contributed by atoms with van der Waals surface area (Å²) in [7, 11) is 0. The summed E-state index contributed by atoms with van der Waals surface area (Å²) in [4.78, 5) is 4.77. The summed E-state index contributed by atoms with van der Waals surface area (Å²) in [6.07, 6.45) is 4.47. The molecule has 3 aromatic rings. The quantitative estimate of drug-likeness (QED) is 0.720. The Kier molecular flexibility index (Phi) is 4.12. The van der Waals surface area contributed by atoms with Gasteiger partial charge in [0.1, 0.15) is 0 Å². The molecule has 2 aromatic heterocycles. The van der Waals surface area contributed by atoms with Crippen molar-refractivity contribution in [3.63, 3.8) is 0 Å². The predicted molar refractivity (Wildman–Crippen MR) is 95.4 cm³/mol. The van der Waals surface area contributed by atoms with Crippen LogP contribution in [0.15, 0.2) is 24.4 Å². The van der Waals surface area contributed by atoms with E-state index in [2.05, 4.69) is 24.8 Å². The van der Waals surface area contributed by atoms with E-state index < -0.39 is 0 Å². The molecule has 23 heavy (non-hydrogen) atoms. The van der Waals surface area contributed by atoms with Crippen LogP contribution in [-0.4, -0.2) is 14.7 Å². The van der Waals surface area contributed by atoms with Gasteiger partial charge in [0.15, 0.2) is 0 Å². The number of nitrogens with two attached hydrogens (primary N) is 1. The maximum absolute atomic E-state index is 10.4. The van der Waals surface area contributed by atoms with Gasteiger partial charge in [-0.05, 0) is 25.3 Å². The average molecular weight is 307 g/mol. The molecule has 0 aliphatic carbocycles. The minimum atomic E-state index is 0.205. The summed E-state index contributed by atoms with van der Waals surface area (Å²) in [5.74, 6) is 6.22. The molecule has 2 heterocycles. The number of hydrogen-bond acceptors (Lipinski definition) is 3. The van der Waals surface area contributed by atoms with Crippen molar-refractivity contribution >= 4 is 27.5 Å². The number of aryl methyl sites for hydroxylation is 2. The molecule has 0 fully saturated rings. The zero-order valence-corrected chi connectivity index (χ0v) is 13.6. The Balaban J connectivity index is 2.23. The van der Waals surface area contributed by atoms with Gasteiger partial charge in [-0.15, -0.1) is 11.8 Å². The third kappa shape index (κ3) is 2.59. The third-order valence-corrected chi connectivity index (χ3v) is 4.10. The number of pyridine rings is 1. The first-order valence-electron chi connectivity index (χ1n) is 7.95. The third-order valence-electron chi connectivity index (χ3n) is 4.10. The zero-order valence-electron chi connectivity index (χ0n) is 13.6. The van der Waals surface area contributed by atoms with E-state index in [0.29, 0.717) is 11.1 Å². The number of nitrogens with zero attached hydrogens (tertiary/aromatic N) is 2. The number of rotatable bonds is 4. The standard InChI is InChI=1S/C19H21N3O/c1-3-5-6-8-13-9-7-10-14-17(20)16-15(21-18(13)14)12-22(11-4-2)19(16)23/h7,9-10,12,23H,4,6,8,11,20H2,1-2H3. The van der Waals surface area contributed by atoms with Crippen LogP contribution in [0, 0.1) is 11.8 Å². The van der Waals surface area contributed by atoms with Crippen molar-refractivity contribution in [2.75, 3.05) is 5.73 Å². The number of anilines is 1. The molecular formula is C19H21N3O. The minimum Gasteiger partial charge on any atom is -0.494 e. The van der Waals surface area contributed by atoms with Crippen LogP contribution in [0.3, 0.4) is 0 Å². The fourth-order valence-electron chi connectivity index (χ4n) is 3.01. The Labute approximate surface area is 135 Å². The first-order valence-corrected chi connectivity index (χ1v) is 7.95. The molecule has 0 amide bonds. The number of fused-ring (bicyclic) bond motifs is 2. The highest BCUT2D eigenvalue weighted by Gasteiger charge is 2.16. The van der Waals surface area contributed by atoms with Gasteiger partial charge in [0.25, 0.3) is 0 Å². The summed E-state index contributed by atoms with van der Waals surface area (Å²) >= 11 is 0. The highest BCUT2D eigenvalue weighted by atomic mass is 16.3. The van der Waals surface area contributed by atoms with Crippen LogP contribution in [0.25, 0.3) is 21.8 Å². The summed E-state index contributed by atoms with van der Waals surface area (Å²) in [6.45, 7) is 4.67. The SMILES string of the molecule is CC#CCCc1cccc2c(N)c3c(O)n(CCC)cc3nc12. The van der Waals surface area contributed by atoms with Gasteiger partial charge in [-0.3, -0.25) is 0 Å². The average Bonchev–Trinajstić information content (AvgIpc) is 2.85. The van der Waals surface area contributed by atoms with E-state index in [4.69, 9.17) is 10.7 Å². The van der Waals surface area contributed by atoms with E-state index in [1.54, 1.807) is 0 Å². The largest absolute Gasteiger partial charge is 0.494 e. The van der Waals surface area contributed by atoms with Gasteiger partial charge in [0, 0.05) is 24.5 Å². The molecule has 0 unspecified atom stereocenters. The van der Waals surface area contributed by atoms with Gasteiger partial charge in [-0.2, -0.15) is 0 Å². The Bertz CT molecular complexity index is 929. The fourth-order valence-corrected chi connectivity index (χ4v) is 3.01. The number of benzene rings is 1.